The van der Waals surface area contributed by atoms with E-state index in [0.29, 0.717) is 0 Å². The van der Waals surface area contributed by atoms with Crippen molar-refractivity contribution >= 4 is 11.9 Å². The second-order valence-corrected chi connectivity index (χ2v) is 5.98. The summed E-state index contributed by atoms with van der Waals surface area (Å²) in [5.74, 6) is -2.72. The monoisotopic (exact) mass is 262 g/mol. The van der Waals surface area contributed by atoms with E-state index in [9.17, 15) is 9.59 Å². The highest BCUT2D eigenvalue weighted by Crippen LogP contribution is 2.20. The number of carbonyl (C=O) groups is 2. The lowest BCUT2D eigenvalue weighted by atomic mass is 10.1. The Kier molecular flexibility index (Phi) is 5.31. The van der Waals surface area contributed by atoms with Crippen LogP contribution in [-0.4, -0.2) is 45.6 Å². The molecule has 0 bridgehead atoms. The van der Waals surface area contributed by atoms with Crippen molar-refractivity contribution in [3.63, 3.8) is 0 Å². The Morgan fingerprint density at radius 1 is 0.778 bits per heavy atom. The molecule has 0 heterocycles. The van der Waals surface area contributed by atoms with Crippen molar-refractivity contribution in [3.8, 4) is 0 Å². The minimum absolute atomic E-state index is 0.780. The highest BCUT2D eigenvalue weighted by Gasteiger charge is 2.40. The van der Waals surface area contributed by atoms with Crippen LogP contribution in [0.3, 0.4) is 0 Å². The Hall–Kier alpha value is -1.14. The lowest BCUT2D eigenvalue weighted by Crippen LogP contribution is -2.49. The highest BCUT2D eigenvalue weighted by atomic mass is 16.6. The maximum absolute atomic E-state index is 11.1. The van der Waals surface area contributed by atoms with Gasteiger partial charge in [0.1, 0.15) is 0 Å². The van der Waals surface area contributed by atoms with E-state index in [1.54, 1.807) is 41.5 Å². The van der Waals surface area contributed by atoms with Crippen LogP contribution in [0.1, 0.15) is 41.5 Å². The Balaban J connectivity index is 5.13. The molecule has 0 aliphatic rings. The lowest BCUT2D eigenvalue weighted by molar-refractivity contribution is -0.200. The highest BCUT2D eigenvalue weighted by molar-refractivity contribution is 5.83. The van der Waals surface area contributed by atoms with E-state index in [1.165, 1.54) is 0 Å². The van der Waals surface area contributed by atoms with Gasteiger partial charge in [-0.1, -0.05) is 0 Å². The van der Waals surface area contributed by atoms with Gasteiger partial charge < -0.3 is 19.7 Å². The van der Waals surface area contributed by atoms with E-state index in [0.717, 1.165) is 0 Å². The molecule has 2 N–H and O–H groups in total. The summed E-state index contributed by atoms with van der Waals surface area (Å²) < 4.78 is 10.5. The molecule has 6 nitrogen and oxygen atoms in total. The number of carboxylic acid groups (broad SMARTS) is 2. The second-order valence-electron chi connectivity index (χ2n) is 5.98. The number of aliphatic carboxylic acids is 2. The predicted octanol–water partition coefficient (Wildman–Crippen LogP) is 1.52. The van der Waals surface area contributed by atoms with E-state index in [-0.39, 0.29) is 0 Å². The molecule has 6 heteroatoms. The van der Waals surface area contributed by atoms with Gasteiger partial charge in [-0.15, -0.1) is 0 Å². The molecule has 0 aliphatic carbocycles. The largest absolute Gasteiger partial charge is 0.479 e. The third-order valence-electron chi connectivity index (χ3n) is 1.72. The summed E-state index contributed by atoms with van der Waals surface area (Å²) in [6.45, 7) is 9.91. The Morgan fingerprint density at radius 2 is 1.00 bits per heavy atom. The summed E-state index contributed by atoms with van der Waals surface area (Å²) >= 11 is 0. The van der Waals surface area contributed by atoms with Gasteiger partial charge in [0.15, 0.2) is 12.2 Å². The van der Waals surface area contributed by atoms with E-state index >= 15 is 0 Å². The number of hydrogen-bond donors (Lipinski definition) is 2. The van der Waals surface area contributed by atoms with Gasteiger partial charge in [-0.05, 0) is 41.5 Å². The molecule has 0 radical (unpaired) electrons. The van der Waals surface area contributed by atoms with Crippen LogP contribution in [-0.2, 0) is 19.1 Å². The normalized spacial score (nSPS) is 16.1. The summed E-state index contributed by atoms with van der Waals surface area (Å²) in [7, 11) is 0. The lowest BCUT2D eigenvalue weighted by Gasteiger charge is -2.32. The summed E-state index contributed by atoms with van der Waals surface area (Å²) in [6.07, 6.45) is -3.11. The molecule has 0 saturated carbocycles. The van der Waals surface area contributed by atoms with Crippen molar-refractivity contribution in [3.05, 3.63) is 0 Å². The van der Waals surface area contributed by atoms with Crippen LogP contribution in [0.15, 0.2) is 0 Å². The first-order chi connectivity index (χ1) is 7.83. The molecular weight excluding hydrogens is 240 g/mol. The van der Waals surface area contributed by atoms with Crippen LogP contribution < -0.4 is 0 Å². The summed E-state index contributed by atoms with van der Waals surface area (Å²) in [6, 6.07) is 0. The maximum atomic E-state index is 11.1. The predicted molar refractivity (Wildman–Crippen MR) is 64.5 cm³/mol. The fourth-order valence-corrected chi connectivity index (χ4v) is 1.25. The van der Waals surface area contributed by atoms with Crippen molar-refractivity contribution in [2.75, 3.05) is 0 Å². The summed E-state index contributed by atoms with van der Waals surface area (Å²) in [5, 5.41) is 18.2. The molecule has 106 valence electrons. The van der Waals surface area contributed by atoms with Crippen LogP contribution in [0, 0.1) is 0 Å². The van der Waals surface area contributed by atoms with Gasteiger partial charge in [0.05, 0.1) is 11.2 Å². The fraction of sp³-hybridized carbons (Fsp3) is 0.833. The third kappa shape index (κ3) is 6.56. The van der Waals surface area contributed by atoms with Crippen LogP contribution in [0.25, 0.3) is 0 Å². The van der Waals surface area contributed by atoms with Gasteiger partial charge in [0.2, 0.25) is 0 Å². The number of carboxylic acids is 2. The molecule has 18 heavy (non-hydrogen) atoms. The zero-order valence-electron chi connectivity index (χ0n) is 11.7. The zero-order valence-corrected chi connectivity index (χ0v) is 11.7. The van der Waals surface area contributed by atoms with E-state index < -0.39 is 35.3 Å². The molecule has 0 fully saturated rings. The first kappa shape index (κ1) is 16.9. The van der Waals surface area contributed by atoms with Gasteiger partial charge in [0.25, 0.3) is 0 Å². The van der Waals surface area contributed by atoms with E-state index in [1.807, 2.05) is 0 Å². The SMILES string of the molecule is CC(C)(C)O[C@@H](C(=O)O)[C@@H](OC(C)(C)C)C(=O)O. The van der Waals surface area contributed by atoms with E-state index in [4.69, 9.17) is 19.7 Å². The Morgan fingerprint density at radius 3 is 1.11 bits per heavy atom. The summed E-state index contributed by atoms with van der Waals surface area (Å²) in [5.41, 5.74) is -1.56. The molecule has 0 unspecified atom stereocenters. The molecule has 0 amide bonds. The number of ether oxygens (including phenoxy) is 2. The Bertz CT molecular complexity index is 278. The van der Waals surface area contributed by atoms with Crippen LogP contribution >= 0.6 is 0 Å². The molecule has 0 aromatic heterocycles. The minimum atomic E-state index is -1.55. The standard InChI is InChI=1S/C12H22O6/c1-11(2,3)17-7(9(13)14)8(10(15)16)18-12(4,5)6/h7-8H,1-6H3,(H,13,14)(H,15,16)/t7-,8-/m1/s1. The molecule has 0 spiro atoms. The minimum Gasteiger partial charge on any atom is -0.479 e. The molecule has 0 aromatic rings. The van der Waals surface area contributed by atoms with Gasteiger partial charge >= 0.3 is 11.9 Å². The third-order valence-corrected chi connectivity index (χ3v) is 1.72. The molecular formula is C12H22O6. The fourth-order valence-electron chi connectivity index (χ4n) is 1.25. The molecule has 0 aliphatic heterocycles. The van der Waals surface area contributed by atoms with Gasteiger partial charge in [-0.2, -0.15) is 0 Å². The first-order valence-electron chi connectivity index (χ1n) is 5.65. The smallest absolute Gasteiger partial charge is 0.336 e. The molecule has 0 aromatic carbocycles. The number of hydrogen-bond acceptors (Lipinski definition) is 4. The Labute approximate surface area is 107 Å². The maximum Gasteiger partial charge on any atom is 0.336 e. The van der Waals surface area contributed by atoms with Crippen molar-refractivity contribution in [1.82, 2.24) is 0 Å². The van der Waals surface area contributed by atoms with Crippen LogP contribution in [0.4, 0.5) is 0 Å². The van der Waals surface area contributed by atoms with Gasteiger partial charge in [0, 0.05) is 0 Å². The quantitative estimate of drug-likeness (QED) is 0.780. The van der Waals surface area contributed by atoms with Crippen molar-refractivity contribution in [2.24, 2.45) is 0 Å². The van der Waals surface area contributed by atoms with Gasteiger partial charge in [-0.3, -0.25) is 0 Å². The first-order valence-corrected chi connectivity index (χ1v) is 5.65. The van der Waals surface area contributed by atoms with Crippen LogP contribution in [0.2, 0.25) is 0 Å². The topological polar surface area (TPSA) is 93.1 Å². The average molecular weight is 262 g/mol. The van der Waals surface area contributed by atoms with Crippen LogP contribution in [0.5, 0.6) is 0 Å². The van der Waals surface area contributed by atoms with Crippen molar-refractivity contribution < 1.29 is 29.3 Å². The van der Waals surface area contributed by atoms with E-state index in [2.05, 4.69) is 0 Å². The molecule has 0 rings (SSSR count). The number of rotatable bonds is 5. The zero-order chi connectivity index (χ0) is 14.7. The molecule has 0 saturated heterocycles. The van der Waals surface area contributed by atoms with Crippen molar-refractivity contribution in [1.29, 1.82) is 0 Å². The molecule has 2 atom stereocenters. The second kappa shape index (κ2) is 5.67. The summed E-state index contributed by atoms with van der Waals surface area (Å²) in [4.78, 5) is 22.3. The van der Waals surface area contributed by atoms with Crippen molar-refractivity contribution in [2.45, 2.75) is 65.0 Å². The average Bonchev–Trinajstić information content (AvgIpc) is 2.06. The van der Waals surface area contributed by atoms with Gasteiger partial charge in [-0.25, -0.2) is 9.59 Å².